The third-order valence-electron chi connectivity index (χ3n) is 6.05. The fraction of sp³-hybridized carbons (Fsp3) is 0.185. The molecular formula is C27H24O2S. The van der Waals surface area contributed by atoms with Gasteiger partial charge in [0.1, 0.15) is 11.5 Å². The van der Waals surface area contributed by atoms with E-state index in [1.807, 2.05) is 12.1 Å². The van der Waals surface area contributed by atoms with Crippen molar-refractivity contribution in [2.75, 3.05) is 7.11 Å². The summed E-state index contributed by atoms with van der Waals surface area (Å²) in [6.07, 6.45) is 1.95. The van der Waals surface area contributed by atoms with Gasteiger partial charge in [-0.25, -0.2) is 0 Å². The zero-order chi connectivity index (χ0) is 20.8. The van der Waals surface area contributed by atoms with Crippen LogP contribution in [0.1, 0.15) is 22.3 Å². The molecule has 0 spiro atoms. The van der Waals surface area contributed by atoms with Crippen LogP contribution in [0.3, 0.4) is 0 Å². The van der Waals surface area contributed by atoms with E-state index in [-0.39, 0.29) is 0 Å². The van der Waals surface area contributed by atoms with E-state index in [2.05, 4.69) is 62.4 Å². The maximum Gasteiger partial charge on any atom is 0.133 e. The minimum atomic E-state index is 0.324. The SMILES string of the molecule is COc1cc2c(O)cc3c(c2cc1Sc1c(C)cccc1C)-c1ccccc1CC3. The number of rotatable bonds is 3. The Balaban J connectivity index is 1.78. The summed E-state index contributed by atoms with van der Waals surface area (Å²) < 4.78 is 5.74. The number of phenols is 1. The van der Waals surface area contributed by atoms with Crippen LogP contribution in [0.4, 0.5) is 0 Å². The van der Waals surface area contributed by atoms with Crippen LogP contribution in [-0.4, -0.2) is 12.2 Å². The Hall–Kier alpha value is -2.91. The van der Waals surface area contributed by atoms with Crippen LogP contribution >= 0.6 is 11.8 Å². The molecule has 4 aromatic rings. The van der Waals surface area contributed by atoms with Crippen LogP contribution in [0.5, 0.6) is 11.5 Å². The molecule has 0 aliphatic heterocycles. The molecule has 0 atom stereocenters. The molecular weight excluding hydrogens is 388 g/mol. The lowest BCUT2D eigenvalue weighted by molar-refractivity contribution is 0.405. The summed E-state index contributed by atoms with van der Waals surface area (Å²) in [5.74, 6) is 1.11. The predicted molar refractivity (Wildman–Crippen MR) is 125 cm³/mol. The maximum absolute atomic E-state index is 10.8. The van der Waals surface area contributed by atoms with Crippen LogP contribution < -0.4 is 4.74 Å². The highest BCUT2D eigenvalue weighted by Gasteiger charge is 2.22. The van der Waals surface area contributed by atoms with Crippen LogP contribution in [0.25, 0.3) is 21.9 Å². The van der Waals surface area contributed by atoms with Crippen molar-refractivity contribution in [3.8, 4) is 22.6 Å². The number of hydrogen-bond donors (Lipinski definition) is 1. The van der Waals surface area contributed by atoms with Gasteiger partial charge in [0.2, 0.25) is 0 Å². The fourth-order valence-electron chi connectivity index (χ4n) is 4.54. The Labute approximate surface area is 181 Å². The van der Waals surface area contributed by atoms with Crippen LogP contribution in [0.2, 0.25) is 0 Å². The van der Waals surface area contributed by atoms with Crippen molar-refractivity contribution in [2.24, 2.45) is 0 Å². The van der Waals surface area contributed by atoms with Gasteiger partial charge in [-0.05, 0) is 83.7 Å². The number of benzene rings is 4. The number of aryl methyl sites for hydroxylation is 4. The van der Waals surface area contributed by atoms with Crippen LogP contribution in [-0.2, 0) is 12.8 Å². The number of ether oxygens (including phenoxy) is 1. The normalized spacial score (nSPS) is 12.5. The molecule has 5 rings (SSSR count). The maximum atomic E-state index is 10.8. The fourth-order valence-corrected chi connectivity index (χ4v) is 5.64. The minimum Gasteiger partial charge on any atom is -0.507 e. The first-order chi connectivity index (χ1) is 14.6. The summed E-state index contributed by atoms with van der Waals surface area (Å²) >= 11 is 1.74. The van der Waals surface area contributed by atoms with E-state index in [4.69, 9.17) is 4.74 Å². The van der Waals surface area contributed by atoms with E-state index in [9.17, 15) is 5.11 Å². The van der Waals surface area contributed by atoms with E-state index in [0.29, 0.717) is 5.75 Å². The molecule has 0 heterocycles. The van der Waals surface area contributed by atoms with E-state index in [1.165, 1.54) is 38.3 Å². The first-order valence-corrected chi connectivity index (χ1v) is 11.1. The predicted octanol–water partition coefficient (Wildman–Crippen LogP) is 7.09. The lowest BCUT2D eigenvalue weighted by atomic mass is 9.82. The van der Waals surface area contributed by atoms with Gasteiger partial charge in [-0.15, -0.1) is 0 Å². The average molecular weight is 413 g/mol. The number of methoxy groups -OCH3 is 1. The van der Waals surface area contributed by atoms with Crippen molar-refractivity contribution < 1.29 is 9.84 Å². The quantitative estimate of drug-likeness (QED) is 0.389. The highest BCUT2D eigenvalue weighted by Crippen LogP contribution is 2.47. The molecule has 0 aromatic heterocycles. The topological polar surface area (TPSA) is 29.5 Å². The second kappa shape index (κ2) is 7.41. The Morgan fingerprint density at radius 3 is 2.33 bits per heavy atom. The molecule has 0 fully saturated rings. The van der Waals surface area contributed by atoms with Gasteiger partial charge in [0, 0.05) is 10.3 Å². The number of hydrogen-bond acceptors (Lipinski definition) is 3. The smallest absolute Gasteiger partial charge is 0.133 e. The molecule has 1 aliphatic carbocycles. The third kappa shape index (κ3) is 3.05. The highest BCUT2D eigenvalue weighted by molar-refractivity contribution is 7.99. The van der Waals surface area contributed by atoms with Crippen molar-refractivity contribution in [3.05, 3.63) is 82.9 Å². The summed E-state index contributed by atoms with van der Waals surface area (Å²) in [5.41, 5.74) is 7.62. The van der Waals surface area contributed by atoms with E-state index in [1.54, 1.807) is 18.9 Å². The lowest BCUT2D eigenvalue weighted by Crippen LogP contribution is -2.04. The van der Waals surface area contributed by atoms with Crippen molar-refractivity contribution in [1.82, 2.24) is 0 Å². The molecule has 30 heavy (non-hydrogen) atoms. The summed E-state index contributed by atoms with van der Waals surface area (Å²) in [6, 6.07) is 21.1. The van der Waals surface area contributed by atoms with Gasteiger partial charge in [-0.3, -0.25) is 0 Å². The number of phenolic OH excluding ortho intramolecular Hbond substituents is 1. The van der Waals surface area contributed by atoms with Crippen molar-refractivity contribution in [2.45, 2.75) is 36.5 Å². The molecule has 0 amide bonds. The average Bonchev–Trinajstić information content (AvgIpc) is 2.75. The molecule has 1 N–H and O–H groups in total. The van der Waals surface area contributed by atoms with Crippen molar-refractivity contribution in [3.63, 3.8) is 0 Å². The zero-order valence-electron chi connectivity index (χ0n) is 17.5. The molecule has 0 radical (unpaired) electrons. The van der Waals surface area contributed by atoms with E-state index < -0.39 is 0 Å². The summed E-state index contributed by atoms with van der Waals surface area (Å²) in [5, 5.41) is 12.7. The molecule has 0 saturated carbocycles. The summed E-state index contributed by atoms with van der Waals surface area (Å²) in [4.78, 5) is 2.32. The van der Waals surface area contributed by atoms with E-state index >= 15 is 0 Å². The van der Waals surface area contributed by atoms with Gasteiger partial charge in [-0.2, -0.15) is 0 Å². The largest absolute Gasteiger partial charge is 0.507 e. The van der Waals surface area contributed by atoms with Gasteiger partial charge < -0.3 is 9.84 Å². The van der Waals surface area contributed by atoms with E-state index in [0.717, 1.165) is 34.3 Å². The van der Waals surface area contributed by atoms with Gasteiger partial charge in [0.15, 0.2) is 0 Å². The Kier molecular flexibility index (Phi) is 4.71. The van der Waals surface area contributed by atoms with Gasteiger partial charge in [0.05, 0.1) is 12.0 Å². The molecule has 3 heteroatoms. The van der Waals surface area contributed by atoms with Gasteiger partial charge >= 0.3 is 0 Å². The first-order valence-electron chi connectivity index (χ1n) is 10.3. The lowest BCUT2D eigenvalue weighted by Gasteiger charge is -2.23. The van der Waals surface area contributed by atoms with Crippen LogP contribution in [0, 0.1) is 13.8 Å². The van der Waals surface area contributed by atoms with Crippen molar-refractivity contribution in [1.29, 1.82) is 0 Å². The molecule has 4 aromatic carbocycles. The Morgan fingerprint density at radius 1 is 0.833 bits per heavy atom. The Morgan fingerprint density at radius 2 is 1.57 bits per heavy atom. The zero-order valence-corrected chi connectivity index (χ0v) is 18.3. The summed E-state index contributed by atoms with van der Waals surface area (Å²) in [7, 11) is 1.70. The molecule has 2 nitrogen and oxygen atoms in total. The number of fused-ring (bicyclic) bond motifs is 5. The Bertz CT molecular complexity index is 1270. The molecule has 150 valence electrons. The first kappa shape index (κ1) is 19.1. The minimum absolute atomic E-state index is 0.324. The molecule has 0 unspecified atom stereocenters. The number of aromatic hydroxyl groups is 1. The highest BCUT2D eigenvalue weighted by atomic mass is 32.2. The second-order valence-electron chi connectivity index (χ2n) is 7.96. The molecule has 1 aliphatic rings. The van der Waals surface area contributed by atoms with Gasteiger partial charge in [0.25, 0.3) is 0 Å². The monoisotopic (exact) mass is 412 g/mol. The van der Waals surface area contributed by atoms with Gasteiger partial charge in [-0.1, -0.05) is 54.2 Å². The van der Waals surface area contributed by atoms with Crippen molar-refractivity contribution >= 4 is 22.5 Å². The second-order valence-corrected chi connectivity index (χ2v) is 9.01. The van der Waals surface area contributed by atoms with Crippen LogP contribution in [0.15, 0.2) is 70.5 Å². The molecule has 0 bridgehead atoms. The summed E-state index contributed by atoms with van der Waals surface area (Å²) in [6.45, 7) is 4.29. The standard InChI is InChI=1S/C27H24O2S/c1-16-7-6-8-17(2)27(16)30-25-15-22-21(14-24(25)29-3)23(28)13-19-12-11-18-9-4-5-10-20(18)26(19)22/h4-10,13-15,28H,11-12H2,1-3H3. The third-order valence-corrected chi connectivity index (χ3v) is 7.44. The molecule has 0 saturated heterocycles.